The molecule has 0 spiro atoms. The van der Waals surface area contributed by atoms with Gasteiger partial charge < -0.3 is 10.6 Å². The predicted octanol–water partition coefficient (Wildman–Crippen LogP) is 1.27. The maximum absolute atomic E-state index is 11.9. The van der Waals surface area contributed by atoms with E-state index < -0.39 is 6.29 Å². The number of hydrogen-bond donors (Lipinski definition) is 3. The van der Waals surface area contributed by atoms with E-state index in [9.17, 15) is 9.59 Å². The Balaban J connectivity index is 2.12. The number of hydrogen-bond acceptors (Lipinski definition) is 4. The van der Waals surface area contributed by atoms with Crippen LogP contribution in [0.5, 0.6) is 0 Å². The number of aryl methyl sites for hydroxylation is 1. The minimum atomic E-state index is -0.434. The Morgan fingerprint density at radius 2 is 2.33 bits per heavy atom. The van der Waals surface area contributed by atoms with Crippen LogP contribution in [0.4, 0.5) is 5.82 Å². The normalized spacial score (nSPS) is 22.0. The molecule has 21 heavy (non-hydrogen) atoms. The van der Waals surface area contributed by atoms with E-state index in [1.165, 1.54) is 0 Å². The molecule has 2 unspecified atom stereocenters. The molecule has 1 aromatic rings. The lowest BCUT2D eigenvalue weighted by molar-refractivity contribution is -0.125. The van der Waals surface area contributed by atoms with Gasteiger partial charge in [0.05, 0.1) is 5.69 Å². The van der Waals surface area contributed by atoms with Gasteiger partial charge in [0.2, 0.25) is 11.8 Å². The minimum absolute atomic E-state index is 0.0253. The molecule has 0 bridgehead atoms. The first kappa shape index (κ1) is 15.5. The van der Waals surface area contributed by atoms with Crippen molar-refractivity contribution in [3.05, 3.63) is 11.8 Å². The fourth-order valence-electron chi connectivity index (χ4n) is 2.34. The maximum Gasteiger partial charge on any atom is 0.225 e. The molecule has 7 heteroatoms. The summed E-state index contributed by atoms with van der Waals surface area (Å²) in [6.07, 6.45) is 2.32. The third kappa shape index (κ3) is 4.04. The molecular formula is C14H23N5O2. The molecule has 2 heterocycles. The van der Waals surface area contributed by atoms with Crippen LogP contribution in [-0.4, -0.2) is 27.6 Å². The molecule has 2 rings (SSSR count). The average molecular weight is 293 g/mol. The van der Waals surface area contributed by atoms with E-state index in [4.69, 9.17) is 0 Å². The first-order valence-corrected chi connectivity index (χ1v) is 7.41. The molecule has 7 nitrogen and oxygen atoms in total. The zero-order valence-corrected chi connectivity index (χ0v) is 12.8. The van der Waals surface area contributed by atoms with Crippen molar-refractivity contribution in [3.8, 4) is 0 Å². The lowest BCUT2D eigenvalue weighted by atomic mass is 10.2. The van der Waals surface area contributed by atoms with Gasteiger partial charge in [0.1, 0.15) is 5.82 Å². The Labute approximate surface area is 124 Å². The number of anilines is 1. The first-order valence-electron chi connectivity index (χ1n) is 7.41. The second-order valence-electron chi connectivity index (χ2n) is 5.51. The third-order valence-corrected chi connectivity index (χ3v) is 3.36. The lowest BCUT2D eigenvalue weighted by Crippen LogP contribution is -2.52. The van der Waals surface area contributed by atoms with Gasteiger partial charge in [0, 0.05) is 24.9 Å². The molecule has 1 aliphatic heterocycles. The summed E-state index contributed by atoms with van der Waals surface area (Å²) in [6, 6.07) is 1.87. The highest BCUT2D eigenvalue weighted by Gasteiger charge is 2.26. The van der Waals surface area contributed by atoms with E-state index in [1.807, 2.05) is 20.8 Å². The fraction of sp³-hybridized carbons (Fsp3) is 0.643. The molecule has 1 aliphatic rings. The summed E-state index contributed by atoms with van der Waals surface area (Å²) < 4.78 is 1.62. The van der Waals surface area contributed by atoms with Gasteiger partial charge in [0.25, 0.3) is 0 Å². The highest BCUT2D eigenvalue weighted by atomic mass is 16.2. The van der Waals surface area contributed by atoms with Crippen LogP contribution >= 0.6 is 0 Å². The van der Waals surface area contributed by atoms with Gasteiger partial charge in [-0.1, -0.05) is 13.3 Å². The molecule has 116 valence electrons. The Morgan fingerprint density at radius 3 is 3.00 bits per heavy atom. The number of nitrogens with zero attached hydrogens (tertiary/aromatic N) is 2. The summed E-state index contributed by atoms with van der Waals surface area (Å²) in [5.74, 6) is 0.538. The standard InChI is InChI=1S/C14H23N5O2/c1-4-5-6-12(20)16-11-7-10(3)18-19(11)14-15-9(2)8-13(21)17-14/h7,9,14-15H,4-6,8H2,1-3H3,(H,16,20)(H,17,21). The van der Waals surface area contributed by atoms with Crippen LogP contribution in [0, 0.1) is 6.92 Å². The quantitative estimate of drug-likeness (QED) is 0.763. The van der Waals surface area contributed by atoms with Gasteiger partial charge in [0.15, 0.2) is 6.29 Å². The number of rotatable bonds is 5. The van der Waals surface area contributed by atoms with Gasteiger partial charge in [-0.3, -0.25) is 14.9 Å². The lowest BCUT2D eigenvalue weighted by Gasteiger charge is -2.30. The molecule has 0 aliphatic carbocycles. The molecular weight excluding hydrogens is 270 g/mol. The van der Waals surface area contributed by atoms with Crippen molar-refractivity contribution in [1.29, 1.82) is 0 Å². The molecule has 0 radical (unpaired) electrons. The second-order valence-corrected chi connectivity index (χ2v) is 5.51. The van der Waals surface area contributed by atoms with Gasteiger partial charge in [-0.05, 0) is 20.3 Å². The Kier molecular flexibility index (Phi) is 4.95. The minimum Gasteiger partial charge on any atom is -0.322 e. The number of amides is 2. The van der Waals surface area contributed by atoms with Crippen molar-refractivity contribution in [1.82, 2.24) is 20.4 Å². The van der Waals surface area contributed by atoms with Crippen LogP contribution in [0.2, 0.25) is 0 Å². The van der Waals surface area contributed by atoms with Crippen molar-refractivity contribution in [2.75, 3.05) is 5.32 Å². The average Bonchev–Trinajstić information content (AvgIpc) is 2.76. The second kappa shape index (κ2) is 6.71. The van der Waals surface area contributed by atoms with E-state index >= 15 is 0 Å². The van der Waals surface area contributed by atoms with Crippen LogP contribution < -0.4 is 16.0 Å². The molecule has 2 amide bonds. The van der Waals surface area contributed by atoms with Gasteiger partial charge in [-0.2, -0.15) is 5.10 Å². The van der Waals surface area contributed by atoms with E-state index in [-0.39, 0.29) is 17.9 Å². The topological polar surface area (TPSA) is 88.1 Å². The van der Waals surface area contributed by atoms with Crippen LogP contribution in [0.1, 0.15) is 51.5 Å². The van der Waals surface area contributed by atoms with Gasteiger partial charge in [-0.15, -0.1) is 0 Å². The molecule has 2 atom stereocenters. The van der Waals surface area contributed by atoms with Crippen LogP contribution in [-0.2, 0) is 9.59 Å². The highest BCUT2D eigenvalue weighted by Crippen LogP contribution is 2.17. The monoisotopic (exact) mass is 293 g/mol. The molecule has 1 saturated heterocycles. The fourth-order valence-corrected chi connectivity index (χ4v) is 2.34. The predicted molar refractivity (Wildman–Crippen MR) is 79.5 cm³/mol. The van der Waals surface area contributed by atoms with E-state index in [1.54, 1.807) is 10.7 Å². The van der Waals surface area contributed by atoms with Crippen LogP contribution in [0.25, 0.3) is 0 Å². The number of carbonyl (C=O) groups excluding carboxylic acids is 2. The van der Waals surface area contributed by atoms with E-state index in [0.717, 1.165) is 18.5 Å². The number of nitrogens with one attached hydrogen (secondary N) is 3. The third-order valence-electron chi connectivity index (χ3n) is 3.36. The Morgan fingerprint density at radius 1 is 1.57 bits per heavy atom. The van der Waals surface area contributed by atoms with Gasteiger partial charge >= 0.3 is 0 Å². The van der Waals surface area contributed by atoms with Crippen molar-refractivity contribution in [2.45, 2.75) is 58.8 Å². The Bertz CT molecular complexity index is 525. The first-order chi connectivity index (χ1) is 9.99. The van der Waals surface area contributed by atoms with Crippen LogP contribution in [0.3, 0.4) is 0 Å². The zero-order chi connectivity index (χ0) is 15.4. The van der Waals surface area contributed by atoms with E-state index in [2.05, 4.69) is 21.0 Å². The zero-order valence-electron chi connectivity index (χ0n) is 12.8. The van der Waals surface area contributed by atoms with Crippen LogP contribution in [0.15, 0.2) is 6.07 Å². The summed E-state index contributed by atoms with van der Waals surface area (Å²) in [4.78, 5) is 23.5. The highest BCUT2D eigenvalue weighted by molar-refractivity contribution is 5.89. The summed E-state index contributed by atoms with van der Waals surface area (Å²) in [7, 11) is 0. The SMILES string of the molecule is CCCCC(=O)Nc1cc(C)nn1C1NC(=O)CC(C)N1. The van der Waals surface area contributed by atoms with Crippen molar-refractivity contribution in [3.63, 3.8) is 0 Å². The summed E-state index contributed by atoms with van der Waals surface area (Å²) in [5, 5.41) is 13.3. The number of unbranched alkanes of at least 4 members (excludes halogenated alkanes) is 1. The number of aromatic nitrogens is 2. The van der Waals surface area contributed by atoms with E-state index in [0.29, 0.717) is 18.7 Å². The van der Waals surface area contributed by atoms with Crippen molar-refractivity contribution in [2.24, 2.45) is 0 Å². The van der Waals surface area contributed by atoms with Crippen molar-refractivity contribution < 1.29 is 9.59 Å². The summed E-state index contributed by atoms with van der Waals surface area (Å²) >= 11 is 0. The van der Waals surface area contributed by atoms with Crippen molar-refractivity contribution >= 4 is 17.6 Å². The largest absolute Gasteiger partial charge is 0.322 e. The molecule has 1 fully saturated rings. The number of carbonyl (C=O) groups is 2. The maximum atomic E-state index is 11.9. The molecule has 1 aromatic heterocycles. The Hall–Kier alpha value is -1.89. The molecule has 3 N–H and O–H groups in total. The molecule has 0 aromatic carbocycles. The summed E-state index contributed by atoms with van der Waals surface area (Å²) in [5.41, 5.74) is 0.787. The smallest absolute Gasteiger partial charge is 0.225 e. The summed E-state index contributed by atoms with van der Waals surface area (Å²) in [6.45, 7) is 5.85. The van der Waals surface area contributed by atoms with Gasteiger partial charge in [-0.25, -0.2) is 4.68 Å². The molecule has 0 saturated carbocycles.